The summed E-state index contributed by atoms with van der Waals surface area (Å²) in [5, 5.41) is 0. The molecule has 0 fully saturated rings. The van der Waals surface area contributed by atoms with Crippen LogP contribution in [-0.2, 0) is 17.6 Å². The zero-order valence-corrected chi connectivity index (χ0v) is 15.0. The second-order valence-electron chi connectivity index (χ2n) is 5.61. The quantitative estimate of drug-likeness (QED) is 0.537. The maximum Gasteiger partial charge on any atom is 0.358 e. The first-order chi connectivity index (χ1) is 11.6. The van der Waals surface area contributed by atoms with Crippen LogP contribution in [0.1, 0.15) is 41.8 Å². The van der Waals surface area contributed by atoms with E-state index in [9.17, 15) is 4.79 Å². The SMILES string of the molecule is COC(=O)c1cnc(CCC(C)CCc2ncc(SC)cn2)cn1. The first-order valence-corrected chi connectivity index (χ1v) is 9.09. The molecule has 2 aromatic rings. The van der Waals surface area contributed by atoms with Crippen molar-refractivity contribution in [1.29, 1.82) is 0 Å². The molecule has 1 atom stereocenters. The number of hydrogen-bond donors (Lipinski definition) is 0. The van der Waals surface area contributed by atoms with Gasteiger partial charge < -0.3 is 4.74 Å². The fraction of sp³-hybridized carbons (Fsp3) is 0.471. The number of esters is 1. The van der Waals surface area contributed by atoms with Gasteiger partial charge in [-0.05, 0) is 31.4 Å². The van der Waals surface area contributed by atoms with E-state index in [0.29, 0.717) is 5.92 Å². The van der Waals surface area contributed by atoms with E-state index in [-0.39, 0.29) is 5.69 Å². The Morgan fingerprint density at radius 1 is 1.08 bits per heavy atom. The third-order valence-corrected chi connectivity index (χ3v) is 4.45. The van der Waals surface area contributed by atoms with Gasteiger partial charge in [-0.25, -0.2) is 19.7 Å². The second-order valence-corrected chi connectivity index (χ2v) is 6.49. The Morgan fingerprint density at radius 2 is 1.79 bits per heavy atom. The minimum absolute atomic E-state index is 0.236. The Kier molecular flexibility index (Phi) is 7.11. The summed E-state index contributed by atoms with van der Waals surface area (Å²) >= 11 is 1.64. The van der Waals surface area contributed by atoms with Gasteiger partial charge in [0.25, 0.3) is 0 Å². The normalized spacial score (nSPS) is 12.0. The van der Waals surface area contributed by atoms with Crippen molar-refractivity contribution in [3.8, 4) is 0 Å². The van der Waals surface area contributed by atoms with Gasteiger partial charge in [0.15, 0.2) is 5.69 Å². The number of rotatable bonds is 8. The molecule has 0 amide bonds. The van der Waals surface area contributed by atoms with Gasteiger partial charge >= 0.3 is 5.97 Å². The average Bonchev–Trinajstić information content (AvgIpc) is 2.64. The predicted octanol–water partition coefficient (Wildman–Crippen LogP) is 2.98. The Bertz CT molecular complexity index is 647. The molecule has 0 spiro atoms. The number of aromatic nitrogens is 4. The van der Waals surface area contributed by atoms with E-state index in [2.05, 4.69) is 31.6 Å². The summed E-state index contributed by atoms with van der Waals surface area (Å²) in [4.78, 5) is 29.5. The van der Waals surface area contributed by atoms with Gasteiger partial charge in [-0.15, -0.1) is 11.8 Å². The molecule has 0 saturated carbocycles. The number of aryl methyl sites for hydroxylation is 2. The molecule has 2 aromatic heterocycles. The zero-order valence-electron chi connectivity index (χ0n) is 14.2. The van der Waals surface area contributed by atoms with Crippen molar-refractivity contribution in [2.75, 3.05) is 13.4 Å². The topological polar surface area (TPSA) is 77.9 Å². The van der Waals surface area contributed by atoms with Crippen LogP contribution in [0.5, 0.6) is 0 Å². The van der Waals surface area contributed by atoms with E-state index in [1.165, 1.54) is 13.3 Å². The van der Waals surface area contributed by atoms with Crippen LogP contribution >= 0.6 is 11.8 Å². The van der Waals surface area contributed by atoms with Gasteiger partial charge in [0.05, 0.1) is 19.0 Å². The van der Waals surface area contributed by atoms with Crippen LogP contribution in [0.3, 0.4) is 0 Å². The first-order valence-electron chi connectivity index (χ1n) is 7.86. The van der Waals surface area contributed by atoms with Crippen molar-refractivity contribution < 1.29 is 9.53 Å². The molecule has 2 rings (SSSR count). The summed E-state index contributed by atoms with van der Waals surface area (Å²) < 4.78 is 4.61. The standard InChI is InChI=1S/C17H22N4O2S/c1-12(5-7-16-20-9-14(24-3)10-21-16)4-6-13-8-19-15(11-18-13)17(22)23-2/h8-12H,4-7H2,1-3H3. The average molecular weight is 346 g/mol. The largest absolute Gasteiger partial charge is 0.464 e. The molecular weight excluding hydrogens is 324 g/mol. The summed E-state index contributed by atoms with van der Waals surface area (Å²) in [5.41, 5.74) is 1.12. The highest BCUT2D eigenvalue weighted by molar-refractivity contribution is 7.98. The number of ether oxygens (including phenoxy) is 1. The highest BCUT2D eigenvalue weighted by Gasteiger charge is 2.09. The van der Waals surface area contributed by atoms with Gasteiger partial charge in [-0.1, -0.05) is 6.92 Å². The molecule has 0 aromatic carbocycles. The van der Waals surface area contributed by atoms with Crippen LogP contribution in [0.4, 0.5) is 0 Å². The molecule has 2 heterocycles. The molecule has 0 saturated heterocycles. The van der Waals surface area contributed by atoms with Crippen molar-refractivity contribution in [2.24, 2.45) is 5.92 Å². The lowest BCUT2D eigenvalue weighted by Gasteiger charge is -2.10. The number of methoxy groups -OCH3 is 1. The fourth-order valence-electron chi connectivity index (χ4n) is 2.19. The molecule has 0 aliphatic rings. The lowest BCUT2D eigenvalue weighted by molar-refractivity contribution is 0.0593. The smallest absolute Gasteiger partial charge is 0.358 e. The van der Waals surface area contributed by atoms with E-state index < -0.39 is 5.97 Å². The van der Waals surface area contributed by atoms with Crippen molar-refractivity contribution in [2.45, 2.75) is 37.5 Å². The summed E-state index contributed by atoms with van der Waals surface area (Å²) in [6.07, 6.45) is 12.6. The first kappa shape index (κ1) is 18.3. The number of nitrogens with zero attached hydrogens (tertiary/aromatic N) is 4. The molecule has 0 radical (unpaired) electrons. The molecule has 0 aliphatic carbocycles. The highest BCUT2D eigenvalue weighted by Crippen LogP contribution is 2.15. The molecular formula is C17H22N4O2S. The molecule has 0 N–H and O–H groups in total. The second kappa shape index (κ2) is 9.32. The van der Waals surface area contributed by atoms with E-state index in [1.807, 2.05) is 18.6 Å². The summed E-state index contributed by atoms with van der Waals surface area (Å²) in [7, 11) is 1.33. The van der Waals surface area contributed by atoms with Gasteiger partial charge in [-0.2, -0.15) is 0 Å². The molecule has 0 bridgehead atoms. The number of carbonyl (C=O) groups excluding carboxylic acids is 1. The summed E-state index contributed by atoms with van der Waals surface area (Å²) in [6, 6.07) is 0. The van der Waals surface area contributed by atoms with Gasteiger partial charge in [0.1, 0.15) is 5.82 Å². The minimum atomic E-state index is -0.463. The Morgan fingerprint density at radius 3 is 2.38 bits per heavy atom. The monoisotopic (exact) mass is 346 g/mol. The number of hydrogen-bond acceptors (Lipinski definition) is 7. The zero-order chi connectivity index (χ0) is 17.4. The van der Waals surface area contributed by atoms with Gasteiger partial charge in [0, 0.05) is 29.9 Å². The van der Waals surface area contributed by atoms with E-state index in [1.54, 1.807) is 18.0 Å². The van der Waals surface area contributed by atoms with E-state index in [0.717, 1.165) is 42.1 Å². The van der Waals surface area contributed by atoms with Crippen LogP contribution in [-0.4, -0.2) is 39.3 Å². The molecule has 7 heteroatoms. The van der Waals surface area contributed by atoms with Gasteiger partial charge in [0.2, 0.25) is 0 Å². The van der Waals surface area contributed by atoms with E-state index >= 15 is 0 Å². The molecule has 0 aliphatic heterocycles. The third kappa shape index (κ3) is 5.56. The predicted molar refractivity (Wildman–Crippen MR) is 93.0 cm³/mol. The highest BCUT2D eigenvalue weighted by atomic mass is 32.2. The summed E-state index contributed by atoms with van der Waals surface area (Å²) in [6.45, 7) is 2.21. The van der Waals surface area contributed by atoms with Crippen LogP contribution < -0.4 is 0 Å². The van der Waals surface area contributed by atoms with Crippen molar-refractivity contribution in [3.05, 3.63) is 42.0 Å². The van der Waals surface area contributed by atoms with Gasteiger partial charge in [-0.3, -0.25) is 4.98 Å². The van der Waals surface area contributed by atoms with Crippen LogP contribution in [0.25, 0.3) is 0 Å². The summed E-state index contributed by atoms with van der Waals surface area (Å²) in [5.74, 6) is 0.965. The van der Waals surface area contributed by atoms with Crippen LogP contribution in [0.15, 0.2) is 29.7 Å². The maximum absolute atomic E-state index is 11.3. The molecule has 24 heavy (non-hydrogen) atoms. The lowest BCUT2D eigenvalue weighted by Crippen LogP contribution is -2.07. The van der Waals surface area contributed by atoms with Crippen molar-refractivity contribution >= 4 is 17.7 Å². The van der Waals surface area contributed by atoms with Crippen LogP contribution in [0, 0.1) is 5.92 Å². The molecule has 6 nitrogen and oxygen atoms in total. The Labute approximate surface area is 146 Å². The lowest BCUT2D eigenvalue weighted by atomic mass is 9.98. The third-order valence-electron chi connectivity index (χ3n) is 3.77. The Hall–Kier alpha value is -2.02. The maximum atomic E-state index is 11.3. The Balaban J connectivity index is 1.76. The number of thioether (sulfide) groups is 1. The molecule has 128 valence electrons. The van der Waals surface area contributed by atoms with Crippen molar-refractivity contribution in [3.63, 3.8) is 0 Å². The van der Waals surface area contributed by atoms with Crippen molar-refractivity contribution in [1.82, 2.24) is 19.9 Å². The molecule has 1 unspecified atom stereocenters. The fourth-order valence-corrected chi connectivity index (χ4v) is 2.50. The minimum Gasteiger partial charge on any atom is -0.464 e. The number of carbonyl (C=O) groups is 1. The van der Waals surface area contributed by atoms with Crippen LogP contribution in [0.2, 0.25) is 0 Å². The van der Waals surface area contributed by atoms with E-state index in [4.69, 9.17) is 0 Å².